The van der Waals surface area contributed by atoms with E-state index in [1.807, 2.05) is 11.6 Å². The van der Waals surface area contributed by atoms with Gasteiger partial charge in [-0.15, -0.1) is 11.3 Å². The molecule has 0 aromatic carbocycles. The fraction of sp³-hybridized carbons (Fsp3) is 0.600. The Balaban J connectivity index is 2.48. The Bertz CT molecular complexity index is 324. The highest BCUT2D eigenvalue weighted by Gasteiger charge is 2.11. The molecule has 1 aromatic heterocycles. The molecule has 6 heteroatoms. The molecule has 5 nitrogen and oxygen atoms in total. The van der Waals surface area contributed by atoms with E-state index in [1.54, 1.807) is 11.3 Å². The summed E-state index contributed by atoms with van der Waals surface area (Å²) in [6.07, 6.45) is 2.38. The zero-order chi connectivity index (χ0) is 12.0. The number of aromatic nitrogens is 1. The molecular formula is C10H18N4OS. The van der Waals surface area contributed by atoms with E-state index in [0.717, 1.165) is 18.1 Å². The normalized spacial score (nSPS) is 12.6. The molecule has 0 atom stereocenters. The third-order valence-corrected chi connectivity index (χ3v) is 3.10. The van der Waals surface area contributed by atoms with Crippen molar-refractivity contribution >= 4 is 17.2 Å². The topological polar surface area (TPSA) is 74.7 Å². The van der Waals surface area contributed by atoms with E-state index in [1.165, 1.54) is 0 Å². The predicted molar refractivity (Wildman–Crippen MR) is 65.7 cm³/mol. The van der Waals surface area contributed by atoms with Crippen LogP contribution >= 0.6 is 11.3 Å². The highest BCUT2D eigenvalue weighted by molar-refractivity contribution is 7.09. The summed E-state index contributed by atoms with van der Waals surface area (Å²) in [5.74, 6) is 0.268. The quantitative estimate of drug-likeness (QED) is 0.343. The van der Waals surface area contributed by atoms with Crippen LogP contribution in [0.15, 0.2) is 16.7 Å². The Kier molecular flexibility index (Phi) is 5.21. The second kappa shape index (κ2) is 6.44. The molecule has 16 heavy (non-hydrogen) atoms. The van der Waals surface area contributed by atoms with Gasteiger partial charge in [0.15, 0.2) is 0 Å². The van der Waals surface area contributed by atoms with Gasteiger partial charge in [-0.3, -0.25) is 4.90 Å². The fourth-order valence-electron chi connectivity index (χ4n) is 1.33. The van der Waals surface area contributed by atoms with Crippen molar-refractivity contribution in [1.29, 1.82) is 0 Å². The smallest absolute Gasteiger partial charge is 0.140 e. The summed E-state index contributed by atoms with van der Waals surface area (Å²) in [6.45, 7) is 5.83. The maximum Gasteiger partial charge on any atom is 0.140 e. The molecule has 0 fully saturated rings. The van der Waals surface area contributed by atoms with Crippen LogP contribution in [0.1, 0.15) is 25.3 Å². The Labute approximate surface area is 99.6 Å². The van der Waals surface area contributed by atoms with Crippen LogP contribution in [0.2, 0.25) is 0 Å². The number of hydrogen-bond acceptors (Lipinski definition) is 5. The van der Waals surface area contributed by atoms with Gasteiger partial charge in [-0.1, -0.05) is 5.16 Å². The summed E-state index contributed by atoms with van der Waals surface area (Å²) in [4.78, 5) is 6.50. The van der Waals surface area contributed by atoms with Crippen molar-refractivity contribution < 1.29 is 5.21 Å². The van der Waals surface area contributed by atoms with E-state index >= 15 is 0 Å². The van der Waals surface area contributed by atoms with E-state index in [-0.39, 0.29) is 5.84 Å². The predicted octanol–water partition coefficient (Wildman–Crippen LogP) is 1.49. The fourth-order valence-corrected chi connectivity index (χ4v) is 1.97. The van der Waals surface area contributed by atoms with Gasteiger partial charge < -0.3 is 10.9 Å². The largest absolute Gasteiger partial charge is 0.409 e. The molecule has 0 aliphatic rings. The van der Waals surface area contributed by atoms with Crippen LogP contribution in [0.4, 0.5) is 0 Å². The number of nitrogens with zero attached hydrogens (tertiary/aromatic N) is 3. The molecular weight excluding hydrogens is 224 g/mol. The zero-order valence-corrected chi connectivity index (χ0v) is 10.4. The minimum absolute atomic E-state index is 0.268. The Hall–Kier alpha value is -1.14. The van der Waals surface area contributed by atoms with Crippen molar-refractivity contribution in [3.8, 4) is 0 Å². The number of nitrogens with two attached hydrogens (primary N) is 1. The second-order valence-electron chi connectivity index (χ2n) is 3.83. The summed E-state index contributed by atoms with van der Waals surface area (Å²) in [7, 11) is 0. The number of rotatable bonds is 6. The molecule has 0 aliphatic heterocycles. The molecule has 0 bridgehead atoms. The number of thiazole rings is 1. The van der Waals surface area contributed by atoms with Crippen LogP contribution < -0.4 is 5.73 Å². The summed E-state index contributed by atoms with van der Waals surface area (Å²) < 4.78 is 0. The molecule has 0 amide bonds. The molecule has 1 heterocycles. The van der Waals surface area contributed by atoms with E-state index in [4.69, 9.17) is 10.9 Å². The summed E-state index contributed by atoms with van der Waals surface area (Å²) >= 11 is 1.65. The minimum Gasteiger partial charge on any atom is -0.409 e. The van der Waals surface area contributed by atoms with Crippen molar-refractivity contribution in [1.82, 2.24) is 9.88 Å². The molecule has 0 radical (unpaired) electrons. The lowest BCUT2D eigenvalue weighted by Gasteiger charge is -2.25. The van der Waals surface area contributed by atoms with Crippen molar-refractivity contribution in [3.05, 3.63) is 16.6 Å². The molecule has 3 N–H and O–H groups in total. The lowest BCUT2D eigenvalue weighted by atomic mass is 10.2. The molecule has 0 saturated carbocycles. The van der Waals surface area contributed by atoms with Gasteiger partial charge in [-0.2, -0.15) is 0 Å². The first-order valence-corrected chi connectivity index (χ1v) is 6.10. The van der Waals surface area contributed by atoms with Gasteiger partial charge >= 0.3 is 0 Å². The molecule has 0 unspecified atom stereocenters. The summed E-state index contributed by atoms with van der Waals surface area (Å²) in [6, 6.07) is 0.412. The monoisotopic (exact) mass is 242 g/mol. The van der Waals surface area contributed by atoms with Crippen molar-refractivity contribution in [3.63, 3.8) is 0 Å². The van der Waals surface area contributed by atoms with Crippen molar-refractivity contribution in [2.45, 2.75) is 32.9 Å². The van der Waals surface area contributed by atoms with Crippen LogP contribution in [0.3, 0.4) is 0 Å². The van der Waals surface area contributed by atoms with Gasteiger partial charge in [0.25, 0.3) is 0 Å². The Morgan fingerprint density at radius 1 is 1.69 bits per heavy atom. The van der Waals surface area contributed by atoms with Gasteiger partial charge in [0, 0.05) is 30.6 Å². The number of hydrogen-bond donors (Lipinski definition) is 2. The Morgan fingerprint density at radius 3 is 2.94 bits per heavy atom. The van der Waals surface area contributed by atoms with Gasteiger partial charge in [-0.25, -0.2) is 4.98 Å². The third-order valence-electron chi connectivity index (χ3n) is 2.34. The van der Waals surface area contributed by atoms with Crippen LogP contribution in [0.25, 0.3) is 0 Å². The summed E-state index contributed by atoms with van der Waals surface area (Å²) in [5.41, 5.74) is 5.46. The molecule has 1 rings (SSSR count). The molecule has 0 saturated heterocycles. The average molecular weight is 242 g/mol. The van der Waals surface area contributed by atoms with E-state index < -0.39 is 0 Å². The number of oxime groups is 1. The van der Waals surface area contributed by atoms with Crippen molar-refractivity contribution in [2.75, 3.05) is 6.54 Å². The Morgan fingerprint density at radius 2 is 2.44 bits per heavy atom. The summed E-state index contributed by atoms with van der Waals surface area (Å²) in [5, 5.41) is 14.5. The minimum atomic E-state index is 0.268. The lowest BCUT2D eigenvalue weighted by Crippen LogP contribution is -2.33. The van der Waals surface area contributed by atoms with E-state index in [0.29, 0.717) is 12.5 Å². The highest BCUT2D eigenvalue weighted by Crippen LogP contribution is 2.11. The molecule has 0 aliphatic carbocycles. The first-order valence-electron chi connectivity index (χ1n) is 5.22. The molecule has 90 valence electrons. The van der Waals surface area contributed by atoms with Crippen LogP contribution in [-0.2, 0) is 6.54 Å². The zero-order valence-electron chi connectivity index (χ0n) is 9.63. The standard InChI is InChI=1S/C10H18N4OS/c1-8(2)14(5-3-9(11)13-15)7-10-12-4-6-16-10/h4,6,8,15H,3,5,7H2,1-2H3,(H2,11,13). The van der Waals surface area contributed by atoms with Crippen LogP contribution in [0.5, 0.6) is 0 Å². The van der Waals surface area contributed by atoms with Crippen LogP contribution in [-0.4, -0.2) is 33.5 Å². The SMILES string of the molecule is CC(C)N(CCC(N)=NO)Cc1nccs1. The van der Waals surface area contributed by atoms with Crippen LogP contribution in [0, 0.1) is 0 Å². The maximum absolute atomic E-state index is 8.48. The first-order chi connectivity index (χ1) is 7.63. The highest BCUT2D eigenvalue weighted by atomic mass is 32.1. The van der Waals surface area contributed by atoms with E-state index in [9.17, 15) is 0 Å². The van der Waals surface area contributed by atoms with Gasteiger partial charge in [-0.05, 0) is 13.8 Å². The van der Waals surface area contributed by atoms with E-state index in [2.05, 4.69) is 28.9 Å². The van der Waals surface area contributed by atoms with Crippen molar-refractivity contribution in [2.24, 2.45) is 10.9 Å². The lowest BCUT2D eigenvalue weighted by molar-refractivity contribution is 0.217. The maximum atomic E-state index is 8.48. The average Bonchev–Trinajstić information content (AvgIpc) is 2.75. The van der Waals surface area contributed by atoms with Gasteiger partial charge in [0.2, 0.25) is 0 Å². The third kappa shape index (κ3) is 4.16. The first kappa shape index (κ1) is 12.9. The van der Waals surface area contributed by atoms with Gasteiger partial charge in [0.1, 0.15) is 10.8 Å². The molecule has 0 spiro atoms. The second-order valence-corrected chi connectivity index (χ2v) is 4.81. The van der Waals surface area contributed by atoms with Gasteiger partial charge in [0.05, 0.1) is 6.54 Å². The number of amidine groups is 1. The molecule has 1 aromatic rings.